The molecular weight excluding hydrogens is 238 g/mol. The molecule has 0 radical (unpaired) electrons. The van der Waals surface area contributed by atoms with E-state index in [2.05, 4.69) is 17.6 Å². The van der Waals surface area contributed by atoms with Crippen LogP contribution in [0.25, 0.3) is 0 Å². The summed E-state index contributed by atoms with van der Waals surface area (Å²) in [4.78, 5) is 12.0. The van der Waals surface area contributed by atoms with Crippen molar-refractivity contribution in [3.05, 3.63) is 35.9 Å². The molecule has 1 saturated heterocycles. The second-order valence-corrected chi connectivity index (χ2v) is 5.37. The predicted octanol–water partition coefficient (Wildman–Crippen LogP) is 1.19. The van der Waals surface area contributed by atoms with Crippen molar-refractivity contribution in [2.45, 2.75) is 31.8 Å². The molecule has 1 amide bonds. The molecule has 0 bridgehead atoms. The average molecular weight is 261 g/mol. The zero-order chi connectivity index (χ0) is 13.7. The van der Waals surface area contributed by atoms with E-state index in [0.717, 1.165) is 25.1 Å². The molecule has 1 aromatic carbocycles. The normalized spacial score (nSPS) is 24.7. The molecule has 19 heavy (non-hydrogen) atoms. The van der Waals surface area contributed by atoms with Crippen LogP contribution in [-0.2, 0) is 4.79 Å². The second kappa shape index (κ2) is 6.68. The molecule has 1 aliphatic heterocycles. The van der Waals surface area contributed by atoms with Crippen LogP contribution in [0.3, 0.4) is 0 Å². The van der Waals surface area contributed by atoms with Crippen molar-refractivity contribution in [1.29, 1.82) is 0 Å². The van der Waals surface area contributed by atoms with Gasteiger partial charge in [0.25, 0.3) is 0 Å². The second-order valence-electron chi connectivity index (χ2n) is 5.37. The summed E-state index contributed by atoms with van der Waals surface area (Å²) in [6.45, 7) is 4.08. The standard InChI is InChI=1S/C15H23N3O/c1-11-7-8-17-10-14(11)18-15(19)9-13(16)12-5-3-2-4-6-12/h2-6,11,13-14,17H,7-10,16H2,1H3,(H,18,19). The largest absolute Gasteiger partial charge is 0.352 e. The van der Waals surface area contributed by atoms with E-state index in [1.54, 1.807) is 0 Å². The van der Waals surface area contributed by atoms with Gasteiger partial charge >= 0.3 is 0 Å². The lowest BCUT2D eigenvalue weighted by atomic mass is 9.94. The van der Waals surface area contributed by atoms with Crippen LogP contribution < -0.4 is 16.4 Å². The van der Waals surface area contributed by atoms with Crippen molar-refractivity contribution >= 4 is 5.91 Å². The maximum atomic E-state index is 12.0. The number of amides is 1. The summed E-state index contributed by atoms with van der Waals surface area (Å²) in [7, 11) is 0. The first-order chi connectivity index (χ1) is 9.16. The van der Waals surface area contributed by atoms with E-state index in [9.17, 15) is 4.79 Å². The van der Waals surface area contributed by atoms with E-state index < -0.39 is 0 Å². The van der Waals surface area contributed by atoms with Gasteiger partial charge in [0.15, 0.2) is 0 Å². The summed E-state index contributed by atoms with van der Waals surface area (Å²) in [5.41, 5.74) is 7.07. The third kappa shape index (κ3) is 4.04. The lowest BCUT2D eigenvalue weighted by Gasteiger charge is -2.30. The van der Waals surface area contributed by atoms with Gasteiger partial charge in [0.05, 0.1) is 0 Å². The van der Waals surface area contributed by atoms with Gasteiger partial charge in [0, 0.05) is 25.0 Å². The molecule has 1 fully saturated rings. The maximum Gasteiger partial charge on any atom is 0.222 e. The Balaban J connectivity index is 1.84. The first kappa shape index (κ1) is 14.0. The van der Waals surface area contributed by atoms with Gasteiger partial charge in [-0.25, -0.2) is 0 Å². The summed E-state index contributed by atoms with van der Waals surface area (Å²) < 4.78 is 0. The third-order valence-electron chi connectivity index (χ3n) is 3.81. The predicted molar refractivity (Wildman–Crippen MR) is 76.6 cm³/mol. The third-order valence-corrected chi connectivity index (χ3v) is 3.81. The van der Waals surface area contributed by atoms with E-state index in [1.165, 1.54) is 0 Å². The molecule has 1 aromatic rings. The van der Waals surface area contributed by atoms with Crippen molar-refractivity contribution < 1.29 is 4.79 Å². The van der Waals surface area contributed by atoms with Gasteiger partial charge in [0.1, 0.15) is 0 Å². The smallest absolute Gasteiger partial charge is 0.222 e. The maximum absolute atomic E-state index is 12.0. The highest BCUT2D eigenvalue weighted by atomic mass is 16.1. The minimum Gasteiger partial charge on any atom is -0.352 e. The molecule has 104 valence electrons. The van der Waals surface area contributed by atoms with E-state index in [4.69, 9.17) is 5.73 Å². The Kier molecular flexibility index (Phi) is 4.93. The van der Waals surface area contributed by atoms with Crippen LogP contribution in [0.5, 0.6) is 0 Å². The molecule has 1 aliphatic rings. The van der Waals surface area contributed by atoms with Gasteiger partial charge in [-0.15, -0.1) is 0 Å². The molecular formula is C15H23N3O. The van der Waals surface area contributed by atoms with Gasteiger partial charge < -0.3 is 16.4 Å². The Bertz CT molecular complexity index is 407. The van der Waals surface area contributed by atoms with Crippen LogP contribution in [0.15, 0.2) is 30.3 Å². The number of hydrogen-bond donors (Lipinski definition) is 3. The fourth-order valence-electron chi connectivity index (χ4n) is 2.47. The molecule has 4 nitrogen and oxygen atoms in total. The van der Waals surface area contributed by atoms with Crippen LogP contribution in [0.2, 0.25) is 0 Å². The SMILES string of the molecule is CC1CCNCC1NC(=O)CC(N)c1ccccc1. The highest BCUT2D eigenvalue weighted by molar-refractivity contribution is 5.77. The molecule has 1 heterocycles. The Morgan fingerprint density at radius 3 is 2.89 bits per heavy atom. The number of piperidine rings is 1. The molecule has 4 N–H and O–H groups in total. The minimum atomic E-state index is -0.229. The summed E-state index contributed by atoms with van der Waals surface area (Å²) in [6.07, 6.45) is 1.45. The number of rotatable bonds is 4. The Hall–Kier alpha value is -1.39. The lowest BCUT2D eigenvalue weighted by Crippen LogP contribution is -2.50. The van der Waals surface area contributed by atoms with Gasteiger partial charge in [-0.2, -0.15) is 0 Å². The van der Waals surface area contributed by atoms with Gasteiger partial charge in [-0.3, -0.25) is 4.79 Å². The summed E-state index contributed by atoms with van der Waals surface area (Å²) in [5.74, 6) is 0.565. The molecule has 4 heteroatoms. The summed E-state index contributed by atoms with van der Waals surface area (Å²) >= 11 is 0. The van der Waals surface area contributed by atoms with E-state index in [0.29, 0.717) is 12.3 Å². The number of hydrogen-bond acceptors (Lipinski definition) is 3. The number of nitrogens with two attached hydrogens (primary N) is 1. The molecule has 0 aromatic heterocycles. The first-order valence-electron chi connectivity index (χ1n) is 6.97. The zero-order valence-electron chi connectivity index (χ0n) is 11.4. The molecule has 2 rings (SSSR count). The fourth-order valence-corrected chi connectivity index (χ4v) is 2.47. The van der Waals surface area contributed by atoms with Crippen LogP contribution in [0.1, 0.15) is 31.4 Å². The number of nitrogens with one attached hydrogen (secondary N) is 2. The van der Waals surface area contributed by atoms with Gasteiger partial charge in [0.2, 0.25) is 5.91 Å². The van der Waals surface area contributed by atoms with E-state index in [1.807, 2.05) is 30.3 Å². The minimum absolute atomic E-state index is 0.0388. The molecule has 0 aliphatic carbocycles. The highest BCUT2D eigenvalue weighted by Crippen LogP contribution is 2.15. The van der Waals surface area contributed by atoms with Crippen molar-refractivity contribution in [2.24, 2.45) is 11.7 Å². The van der Waals surface area contributed by atoms with Crippen molar-refractivity contribution in [3.8, 4) is 0 Å². The average Bonchev–Trinajstić information content (AvgIpc) is 2.42. The number of carbonyl (C=O) groups is 1. The van der Waals surface area contributed by atoms with Crippen LogP contribution in [0.4, 0.5) is 0 Å². The molecule has 0 spiro atoms. The first-order valence-corrected chi connectivity index (χ1v) is 6.97. The van der Waals surface area contributed by atoms with Crippen LogP contribution in [0, 0.1) is 5.92 Å². The Morgan fingerprint density at radius 1 is 1.47 bits per heavy atom. The Labute approximate surface area is 114 Å². The topological polar surface area (TPSA) is 67.1 Å². The summed E-state index contributed by atoms with van der Waals surface area (Å²) in [5, 5.41) is 6.40. The van der Waals surface area contributed by atoms with E-state index >= 15 is 0 Å². The van der Waals surface area contributed by atoms with Gasteiger partial charge in [-0.05, 0) is 24.4 Å². The Morgan fingerprint density at radius 2 is 2.21 bits per heavy atom. The quantitative estimate of drug-likeness (QED) is 0.762. The molecule has 3 atom stereocenters. The lowest BCUT2D eigenvalue weighted by molar-refractivity contribution is -0.122. The fraction of sp³-hybridized carbons (Fsp3) is 0.533. The zero-order valence-corrected chi connectivity index (χ0v) is 11.4. The number of carbonyl (C=O) groups excluding carboxylic acids is 1. The van der Waals surface area contributed by atoms with E-state index in [-0.39, 0.29) is 18.0 Å². The molecule has 3 unspecified atom stereocenters. The van der Waals surface area contributed by atoms with Crippen LogP contribution in [-0.4, -0.2) is 25.0 Å². The van der Waals surface area contributed by atoms with Crippen molar-refractivity contribution in [1.82, 2.24) is 10.6 Å². The van der Waals surface area contributed by atoms with Gasteiger partial charge in [-0.1, -0.05) is 37.3 Å². The summed E-state index contributed by atoms with van der Waals surface area (Å²) in [6, 6.07) is 9.76. The van der Waals surface area contributed by atoms with Crippen molar-refractivity contribution in [3.63, 3.8) is 0 Å². The number of benzene rings is 1. The van der Waals surface area contributed by atoms with Crippen LogP contribution >= 0.6 is 0 Å². The molecule has 0 saturated carbocycles. The monoisotopic (exact) mass is 261 g/mol. The highest BCUT2D eigenvalue weighted by Gasteiger charge is 2.23. The van der Waals surface area contributed by atoms with Crippen molar-refractivity contribution in [2.75, 3.05) is 13.1 Å².